The molecule has 2 aliphatic rings. The summed E-state index contributed by atoms with van der Waals surface area (Å²) in [7, 11) is 0. The number of thiazole rings is 1. The standard InChI is InChI=1S/C25H19FN2O6S/c1-12-23(13(2)29)35-25(27-12)28-20(15-5-3-4-6-16(15)26)19(22(31)24(28)32)21(30)14-7-8-17-18(11-14)34-10-9-33-17/h3-8,11,20,30H,9-10H2,1-2H3. The fourth-order valence-electron chi connectivity index (χ4n) is 4.18. The SMILES string of the molecule is CC(=O)c1sc(N2C(=O)C(=O)C(=C(O)c3ccc4c(c3)OCCO4)C2c2ccccc2F)nc1C. The molecule has 2 aromatic carbocycles. The summed E-state index contributed by atoms with van der Waals surface area (Å²) >= 11 is 0.932. The number of aryl methyl sites for hydroxylation is 1. The summed E-state index contributed by atoms with van der Waals surface area (Å²) in [6, 6.07) is 8.99. The van der Waals surface area contributed by atoms with E-state index in [-0.39, 0.29) is 27.6 Å². The molecule has 8 nitrogen and oxygen atoms in total. The second-order valence-corrected chi connectivity index (χ2v) is 8.99. The normalized spacial score (nSPS) is 18.7. The lowest BCUT2D eigenvalue weighted by atomic mass is 9.95. The van der Waals surface area contributed by atoms with Gasteiger partial charge in [0.15, 0.2) is 22.4 Å². The number of aliphatic hydroxyl groups excluding tert-OH is 1. The number of benzene rings is 2. The van der Waals surface area contributed by atoms with E-state index in [9.17, 15) is 19.5 Å². The van der Waals surface area contributed by atoms with Crippen molar-refractivity contribution in [2.24, 2.45) is 0 Å². The van der Waals surface area contributed by atoms with Gasteiger partial charge < -0.3 is 14.6 Å². The highest BCUT2D eigenvalue weighted by atomic mass is 32.1. The number of nitrogens with zero attached hydrogens (tertiary/aromatic N) is 2. The van der Waals surface area contributed by atoms with E-state index in [1.165, 1.54) is 37.3 Å². The van der Waals surface area contributed by atoms with E-state index in [0.29, 0.717) is 35.3 Å². The Morgan fingerprint density at radius 1 is 1.14 bits per heavy atom. The van der Waals surface area contributed by atoms with Gasteiger partial charge in [-0.1, -0.05) is 29.5 Å². The van der Waals surface area contributed by atoms with Crippen LogP contribution in [-0.2, 0) is 9.59 Å². The number of amides is 1. The average molecular weight is 495 g/mol. The number of carbonyl (C=O) groups is 3. The first kappa shape index (κ1) is 22.7. The van der Waals surface area contributed by atoms with Crippen LogP contribution in [0.25, 0.3) is 5.76 Å². The lowest BCUT2D eigenvalue weighted by Gasteiger charge is -2.23. The Hall–Kier alpha value is -4.05. The zero-order valence-electron chi connectivity index (χ0n) is 18.7. The van der Waals surface area contributed by atoms with Gasteiger partial charge in [0.25, 0.3) is 5.78 Å². The molecule has 1 N–H and O–H groups in total. The number of fused-ring (bicyclic) bond motifs is 1. The van der Waals surface area contributed by atoms with Crippen LogP contribution in [-0.4, -0.2) is 40.8 Å². The number of ketones is 2. The number of aliphatic hydroxyl groups is 1. The molecule has 2 aliphatic heterocycles. The summed E-state index contributed by atoms with van der Waals surface area (Å²) in [6.07, 6.45) is 0. The monoisotopic (exact) mass is 494 g/mol. The summed E-state index contributed by atoms with van der Waals surface area (Å²) in [5.41, 5.74) is 0.295. The topological polar surface area (TPSA) is 106 Å². The van der Waals surface area contributed by atoms with Crippen molar-refractivity contribution in [2.45, 2.75) is 19.9 Å². The van der Waals surface area contributed by atoms with Crippen LogP contribution in [0.4, 0.5) is 9.52 Å². The zero-order valence-corrected chi connectivity index (χ0v) is 19.5. The van der Waals surface area contributed by atoms with E-state index < -0.39 is 29.3 Å². The minimum absolute atomic E-state index is 0.00280. The third-order valence-electron chi connectivity index (χ3n) is 5.77. The number of carbonyl (C=O) groups excluding carboxylic acids is 3. The van der Waals surface area contributed by atoms with Gasteiger partial charge in [-0.15, -0.1) is 0 Å². The van der Waals surface area contributed by atoms with Crippen LogP contribution in [0.3, 0.4) is 0 Å². The zero-order chi connectivity index (χ0) is 24.9. The van der Waals surface area contributed by atoms with Gasteiger partial charge in [-0.25, -0.2) is 9.37 Å². The number of halogens is 1. The molecule has 1 unspecified atom stereocenters. The molecule has 0 spiro atoms. The van der Waals surface area contributed by atoms with E-state index in [2.05, 4.69) is 4.98 Å². The Morgan fingerprint density at radius 3 is 2.54 bits per heavy atom. The van der Waals surface area contributed by atoms with Gasteiger partial charge in [-0.05, 0) is 31.2 Å². The highest BCUT2D eigenvalue weighted by molar-refractivity contribution is 7.18. The third kappa shape index (κ3) is 3.75. The van der Waals surface area contributed by atoms with Crippen molar-refractivity contribution in [3.8, 4) is 11.5 Å². The summed E-state index contributed by atoms with van der Waals surface area (Å²) in [5, 5.41) is 11.3. The van der Waals surface area contributed by atoms with Gasteiger partial charge >= 0.3 is 5.91 Å². The molecule has 3 aromatic rings. The fourth-order valence-corrected chi connectivity index (χ4v) is 5.17. The molecule has 0 radical (unpaired) electrons. The smallest absolute Gasteiger partial charge is 0.301 e. The second-order valence-electron chi connectivity index (χ2n) is 8.02. The lowest BCUT2D eigenvalue weighted by Crippen LogP contribution is -2.29. The molecular formula is C25H19FN2O6S. The maximum absolute atomic E-state index is 15.0. The maximum atomic E-state index is 15.0. The summed E-state index contributed by atoms with van der Waals surface area (Å²) in [5.74, 6) is -2.54. The van der Waals surface area contributed by atoms with E-state index in [1.54, 1.807) is 19.1 Å². The molecule has 1 fully saturated rings. The molecule has 178 valence electrons. The Labute approximate surface area is 203 Å². The van der Waals surface area contributed by atoms with E-state index in [0.717, 1.165) is 16.2 Å². The largest absolute Gasteiger partial charge is 0.507 e. The molecule has 1 aromatic heterocycles. The second kappa shape index (κ2) is 8.62. The molecule has 0 aliphatic carbocycles. The Kier molecular flexibility index (Phi) is 5.60. The van der Waals surface area contributed by atoms with E-state index in [1.807, 2.05) is 0 Å². The first-order valence-electron chi connectivity index (χ1n) is 10.7. The number of hydrogen-bond acceptors (Lipinski definition) is 8. The van der Waals surface area contributed by atoms with Crippen LogP contribution < -0.4 is 14.4 Å². The number of ether oxygens (including phenoxy) is 2. The van der Waals surface area contributed by atoms with Crippen molar-refractivity contribution in [2.75, 3.05) is 18.1 Å². The van der Waals surface area contributed by atoms with Crippen LogP contribution in [0, 0.1) is 12.7 Å². The van der Waals surface area contributed by atoms with Crippen LogP contribution in [0.15, 0.2) is 48.0 Å². The van der Waals surface area contributed by atoms with Crippen molar-refractivity contribution in [3.63, 3.8) is 0 Å². The van der Waals surface area contributed by atoms with Crippen molar-refractivity contribution in [1.82, 2.24) is 4.98 Å². The molecule has 10 heteroatoms. The predicted molar refractivity (Wildman–Crippen MR) is 125 cm³/mol. The minimum Gasteiger partial charge on any atom is -0.507 e. The Morgan fingerprint density at radius 2 is 1.86 bits per heavy atom. The van der Waals surface area contributed by atoms with Gasteiger partial charge in [0.2, 0.25) is 0 Å². The van der Waals surface area contributed by atoms with Crippen molar-refractivity contribution >= 4 is 39.7 Å². The molecule has 0 saturated carbocycles. The number of anilines is 1. The van der Waals surface area contributed by atoms with Crippen LogP contribution in [0.5, 0.6) is 11.5 Å². The van der Waals surface area contributed by atoms with Crippen LogP contribution in [0.2, 0.25) is 0 Å². The molecule has 5 rings (SSSR count). The number of hydrogen-bond donors (Lipinski definition) is 1. The fraction of sp³-hybridized carbons (Fsp3) is 0.200. The molecule has 1 saturated heterocycles. The van der Waals surface area contributed by atoms with Crippen LogP contribution >= 0.6 is 11.3 Å². The van der Waals surface area contributed by atoms with Crippen molar-refractivity contribution in [3.05, 3.63) is 75.6 Å². The van der Waals surface area contributed by atoms with E-state index in [4.69, 9.17) is 9.47 Å². The van der Waals surface area contributed by atoms with Crippen LogP contribution in [0.1, 0.15) is 39.5 Å². The number of aromatic nitrogens is 1. The first-order chi connectivity index (χ1) is 16.8. The van der Waals surface area contributed by atoms with Gasteiger partial charge in [-0.2, -0.15) is 0 Å². The van der Waals surface area contributed by atoms with Crippen molar-refractivity contribution in [1.29, 1.82) is 0 Å². The predicted octanol–water partition coefficient (Wildman–Crippen LogP) is 4.19. The van der Waals surface area contributed by atoms with Gasteiger partial charge in [0.1, 0.15) is 30.8 Å². The first-order valence-corrected chi connectivity index (χ1v) is 11.5. The number of Topliss-reactive ketones (excluding diaryl/α,β-unsaturated/α-hetero) is 2. The molecule has 35 heavy (non-hydrogen) atoms. The summed E-state index contributed by atoms with van der Waals surface area (Å²) < 4.78 is 26.1. The quantitative estimate of drug-likeness (QED) is 0.251. The van der Waals surface area contributed by atoms with Gasteiger partial charge in [-0.3, -0.25) is 19.3 Å². The average Bonchev–Trinajstić information content (AvgIpc) is 3.35. The lowest BCUT2D eigenvalue weighted by molar-refractivity contribution is -0.132. The third-order valence-corrected chi connectivity index (χ3v) is 7.03. The highest BCUT2D eigenvalue weighted by Crippen LogP contribution is 2.45. The summed E-state index contributed by atoms with van der Waals surface area (Å²) in [4.78, 5) is 44.1. The Bertz CT molecular complexity index is 1430. The summed E-state index contributed by atoms with van der Waals surface area (Å²) in [6.45, 7) is 3.68. The maximum Gasteiger partial charge on any atom is 0.301 e. The highest BCUT2D eigenvalue weighted by Gasteiger charge is 2.49. The molecule has 3 heterocycles. The van der Waals surface area contributed by atoms with E-state index >= 15 is 4.39 Å². The Balaban J connectivity index is 1.71. The molecular weight excluding hydrogens is 475 g/mol. The van der Waals surface area contributed by atoms with Crippen molar-refractivity contribution < 1.29 is 33.4 Å². The van der Waals surface area contributed by atoms with Gasteiger partial charge in [0.05, 0.1) is 16.1 Å². The minimum atomic E-state index is -1.30. The van der Waals surface area contributed by atoms with Gasteiger partial charge in [0, 0.05) is 18.1 Å². The number of rotatable bonds is 4. The molecule has 1 atom stereocenters. The molecule has 1 amide bonds. The molecule has 0 bridgehead atoms.